The van der Waals surface area contributed by atoms with E-state index in [1.165, 1.54) is 20.6 Å². The summed E-state index contributed by atoms with van der Waals surface area (Å²) in [5.74, 6) is -0.346. The Morgan fingerprint density at radius 3 is 2.47 bits per heavy atom. The molecular formula is C21H30ClN3O5. The lowest BCUT2D eigenvalue weighted by atomic mass is 10.0. The molecule has 3 heterocycles. The van der Waals surface area contributed by atoms with Crippen LogP contribution >= 0.6 is 12.4 Å². The molecule has 0 amide bonds. The third-order valence-electron chi connectivity index (χ3n) is 5.30. The van der Waals surface area contributed by atoms with Crippen LogP contribution in [0.15, 0.2) is 28.7 Å². The number of carbonyl (C=O) groups excluding carboxylic acids is 2. The molecule has 2 saturated heterocycles. The lowest BCUT2D eigenvalue weighted by Crippen LogP contribution is -2.45. The third kappa shape index (κ3) is 5.86. The number of rotatable bonds is 3. The number of piperidine rings is 2. The molecule has 1 aromatic carbocycles. The highest BCUT2D eigenvalue weighted by Crippen LogP contribution is 2.28. The number of oxazole rings is 1. The Bertz CT molecular complexity index is 789. The second-order valence-electron chi connectivity index (χ2n) is 7.22. The zero-order valence-electron chi connectivity index (χ0n) is 17.5. The summed E-state index contributed by atoms with van der Waals surface area (Å²) < 4.78 is 15.2. The normalized spacial score (nSPS) is 21.1. The van der Waals surface area contributed by atoms with Crippen molar-refractivity contribution in [2.45, 2.75) is 50.6 Å². The molecule has 2 aromatic rings. The van der Waals surface area contributed by atoms with Crippen LogP contribution in [-0.2, 0) is 19.1 Å². The first-order valence-corrected chi connectivity index (χ1v) is 10.1. The van der Waals surface area contributed by atoms with Crippen LogP contribution in [0.2, 0.25) is 0 Å². The number of hydrogen-bond donors (Lipinski definition) is 1. The van der Waals surface area contributed by atoms with Crippen LogP contribution in [0.4, 0.5) is 6.01 Å². The smallest absolute Gasteiger partial charge is 0.328 e. The number of esters is 2. The second-order valence-corrected chi connectivity index (χ2v) is 7.22. The Kier molecular flexibility index (Phi) is 9.39. The Labute approximate surface area is 182 Å². The number of para-hydroxylation sites is 2. The second kappa shape index (κ2) is 11.8. The largest absolute Gasteiger partial charge is 0.468 e. The summed E-state index contributed by atoms with van der Waals surface area (Å²) in [6.45, 7) is 1.71. The Hall–Kier alpha value is -2.32. The molecule has 9 heteroatoms. The number of carbonyl (C=O) groups is 2. The minimum Gasteiger partial charge on any atom is -0.468 e. The average Bonchev–Trinajstić information content (AvgIpc) is 3.23. The van der Waals surface area contributed by atoms with Gasteiger partial charge in [-0.3, -0.25) is 4.79 Å². The molecule has 2 aliphatic heterocycles. The topological polar surface area (TPSA) is 93.9 Å². The molecule has 0 unspecified atom stereocenters. The number of halogens is 1. The number of hydrogen-bond acceptors (Lipinski definition) is 8. The van der Waals surface area contributed by atoms with E-state index < -0.39 is 0 Å². The molecule has 0 spiro atoms. The molecule has 1 aromatic heterocycles. The minimum atomic E-state index is -0.285. The molecule has 2 aliphatic rings. The van der Waals surface area contributed by atoms with E-state index >= 15 is 0 Å². The van der Waals surface area contributed by atoms with E-state index in [-0.39, 0.29) is 36.4 Å². The molecule has 2 atom stereocenters. The van der Waals surface area contributed by atoms with Gasteiger partial charge in [0.25, 0.3) is 6.01 Å². The first-order valence-electron chi connectivity index (χ1n) is 10.1. The summed E-state index contributed by atoms with van der Waals surface area (Å²) in [5.41, 5.74) is 1.55. The standard InChI is InChI=1S/C14H16N2O3.C7H13NO2.ClH/c1-18-13(17)11-7-4-5-9-16(11)14-15-10-6-2-3-8-12(10)19-14;1-10-7(9)6-4-2-3-5-8-6;/h2-3,6,8,11H,4-5,7,9H2,1H3;6,8H,2-5H2,1H3;1H/t11-;6-;/m00./s1. The van der Waals surface area contributed by atoms with Gasteiger partial charge in [0.1, 0.15) is 17.6 Å². The van der Waals surface area contributed by atoms with Crippen LogP contribution in [0, 0.1) is 0 Å². The van der Waals surface area contributed by atoms with Crippen molar-refractivity contribution < 1.29 is 23.5 Å². The van der Waals surface area contributed by atoms with Crippen molar-refractivity contribution in [3.8, 4) is 0 Å². The van der Waals surface area contributed by atoms with Crippen molar-refractivity contribution in [3.63, 3.8) is 0 Å². The van der Waals surface area contributed by atoms with Crippen LogP contribution < -0.4 is 10.2 Å². The van der Waals surface area contributed by atoms with Gasteiger partial charge in [-0.2, -0.15) is 4.98 Å². The quantitative estimate of drug-likeness (QED) is 0.729. The molecule has 0 radical (unpaired) electrons. The molecule has 0 bridgehead atoms. The van der Waals surface area contributed by atoms with E-state index in [9.17, 15) is 9.59 Å². The number of benzene rings is 1. The zero-order chi connectivity index (χ0) is 20.6. The van der Waals surface area contributed by atoms with Crippen molar-refractivity contribution in [2.24, 2.45) is 0 Å². The summed E-state index contributed by atoms with van der Waals surface area (Å²) in [5, 5.41) is 3.10. The zero-order valence-corrected chi connectivity index (χ0v) is 18.3. The summed E-state index contributed by atoms with van der Waals surface area (Å²) in [6, 6.07) is 7.79. The van der Waals surface area contributed by atoms with Crippen LogP contribution in [0.1, 0.15) is 38.5 Å². The number of anilines is 1. The van der Waals surface area contributed by atoms with E-state index in [0.29, 0.717) is 6.01 Å². The molecule has 8 nitrogen and oxygen atoms in total. The maximum atomic E-state index is 11.8. The molecule has 0 aliphatic carbocycles. The highest BCUT2D eigenvalue weighted by Gasteiger charge is 2.32. The van der Waals surface area contributed by atoms with E-state index in [1.807, 2.05) is 29.2 Å². The summed E-state index contributed by atoms with van der Waals surface area (Å²) in [6.07, 6.45) is 6.07. The number of nitrogens with zero attached hydrogens (tertiary/aromatic N) is 2. The monoisotopic (exact) mass is 439 g/mol. The minimum absolute atomic E-state index is 0. The van der Waals surface area contributed by atoms with Gasteiger partial charge in [-0.05, 0) is 50.8 Å². The van der Waals surface area contributed by atoms with Crippen molar-refractivity contribution >= 4 is 41.5 Å². The Morgan fingerprint density at radius 1 is 1.07 bits per heavy atom. The molecular weight excluding hydrogens is 410 g/mol. The Morgan fingerprint density at radius 2 is 1.80 bits per heavy atom. The van der Waals surface area contributed by atoms with Crippen LogP contribution in [0.3, 0.4) is 0 Å². The summed E-state index contributed by atoms with van der Waals surface area (Å²) in [7, 11) is 2.85. The maximum absolute atomic E-state index is 11.8. The fourth-order valence-electron chi connectivity index (χ4n) is 3.72. The van der Waals surface area contributed by atoms with Crippen molar-refractivity contribution in [3.05, 3.63) is 24.3 Å². The first kappa shape index (κ1) is 24.0. The number of nitrogens with one attached hydrogen (secondary N) is 1. The number of aromatic nitrogens is 1. The van der Waals surface area contributed by atoms with Gasteiger partial charge in [-0.1, -0.05) is 18.6 Å². The highest BCUT2D eigenvalue weighted by atomic mass is 35.5. The molecule has 2 fully saturated rings. The van der Waals surface area contributed by atoms with Gasteiger partial charge in [0.05, 0.1) is 14.2 Å². The average molecular weight is 440 g/mol. The van der Waals surface area contributed by atoms with Gasteiger partial charge in [0.2, 0.25) is 0 Å². The van der Waals surface area contributed by atoms with Gasteiger partial charge >= 0.3 is 11.9 Å². The Balaban J connectivity index is 0.000000249. The SMILES string of the molecule is COC(=O)[C@@H]1CCCCN1.COC(=O)[C@@H]1CCCCN1c1nc2ccccc2o1.Cl. The maximum Gasteiger partial charge on any atom is 0.328 e. The summed E-state index contributed by atoms with van der Waals surface area (Å²) in [4.78, 5) is 29.1. The fraction of sp³-hybridized carbons (Fsp3) is 0.571. The van der Waals surface area contributed by atoms with Gasteiger partial charge in [-0.25, -0.2) is 4.79 Å². The van der Waals surface area contributed by atoms with E-state index in [1.54, 1.807) is 0 Å². The van der Waals surface area contributed by atoms with Crippen molar-refractivity contribution in [1.82, 2.24) is 10.3 Å². The lowest BCUT2D eigenvalue weighted by molar-refractivity contribution is -0.144. The van der Waals surface area contributed by atoms with E-state index in [0.717, 1.165) is 56.3 Å². The van der Waals surface area contributed by atoms with Crippen molar-refractivity contribution in [2.75, 3.05) is 32.2 Å². The van der Waals surface area contributed by atoms with Gasteiger partial charge in [-0.15, -0.1) is 12.4 Å². The predicted octanol–water partition coefficient (Wildman–Crippen LogP) is 3.08. The number of methoxy groups -OCH3 is 2. The number of ether oxygens (including phenoxy) is 2. The third-order valence-corrected chi connectivity index (χ3v) is 5.30. The van der Waals surface area contributed by atoms with Crippen LogP contribution in [0.5, 0.6) is 0 Å². The molecule has 1 N–H and O–H groups in total. The molecule has 4 rings (SSSR count). The first-order chi connectivity index (χ1) is 14.1. The fourth-order valence-corrected chi connectivity index (χ4v) is 3.72. The number of fused-ring (bicyclic) bond motifs is 1. The predicted molar refractivity (Wildman–Crippen MR) is 116 cm³/mol. The van der Waals surface area contributed by atoms with Gasteiger partial charge < -0.3 is 24.1 Å². The highest BCUT2D eigenvalue weighted by molar-refractivity contribution is 5.85. The lowest BCUT2D eigenvalue weighted by Gasteiger charge is -2.32. The van der Waals surface area contributed by atoms with E-state index in [4.69, 9.17) is 9.15 Å². The van der Waals surface area contributed by atoms with Gasteiger partial charge in [0, 0.05) is 6.54 Å². The van der Waals surface area contributed by atoms with E-state index in [2.05, 4.69) is 15.0 Å². The molecule has 30 heavy (non-hydrogen) atoms. The van der Waals surface area contributed by atoms with Crippen molar-refractivity contribution in [1.29, 1.82) is 0 Å². The van der Waals surface area contributed by atoms with Crippen LogP contribution in [0.25, 0.3) is 11.1 Å². The molecule has 166 valence electrons. The summed E-state index contributed by atoms with van der Waals surface area (Å²) >= 11 is 0. The van der Waals surface area contributed by atoms with Crippen LogP contribution in [-0.4, -0.2) is 56.3 Å². The molecule has 0 saturated carbocycles. The van der Waals surface area contributed by atoms with Gasteiger partial charge in [0.15, 0.2) is 5.58 Å².